The van der Waals surface area contributed by atoms with Gasteiger partial charge in [0.15, 0.2) is 7.28 Å². The van der Waals surface area contributed by atoms with Crippen molar-refractivity contribution in [3.05, 3.63) is 65.2 Å². The molecule has 24 heavy (non-hydrogen) atoms. The van der Waals surface area contributed by atoms with Gasteiger partial charge in [-0.3, -0.25) is 0 Å². The van der Waals surface area contributed by atoms with E-state index < -0.39 is 11.6 Å². The topological polar surface area (TPSA) is 0 Å². The molecule has 3 radical (unpaired) electrons. The molecule has 2 aromatic carbocycles. The predicted octanol–water partition coefficient (Wildman–Crippen LogP) is 4.71. The van der Waals surface area contributed by atoms with Crippen LogP contribution in [-0.2, 0) is 6.32 Å². The lowest BCUT2D eigenvalue weighted by atomic mass is 9.79. The van der Waals surface area contributed by atoms with Gasteiger partial charge in [-0.15, -0.1) is 0 Å². The van der Waals surface area contributed by atoms with Crippen LogP contribution < -0.4 is 4.78 Å². The molecular formula is C19H15B2F2S. The minimum Gasteiger partial charge on any atom is -0.206 e. The fraction of sp³-hybridized carbons (Fsp3) is 0.158. The van der Waals surface area contributed by atoms with Gasteiger partial charge >= 0.3 is 0 Å². The van der Waals surface area contributed by atoms with Crippen molar-refractivity contribution in [2.75, 3.05) is 0 Å². The molecule has 0 spiro atoms. The molecule has 0 saturated heterocycles. The summed E-state index contributed by atoms with van der Waals surface area (Å²) in [5, 5.41) is 0. The van der Waals surface area contributed by atoms with E-state index in [-0.39, 0.29) is 5.56 Å². The van der Waals surface area contributed by atoms with Gasteiger partial charge < -0.3 is 0 Å². The van der Waals surface area contributed by atoms with Crippen LogP contribution in [0.3, 0.4) is 0 Å². The SMILES string of the molecule is [B]Cc1ccc(-c2cc(F)c(-c3cc(C)c([B]C)s3)c(F)c2)cc1. The van der Waals surface area contributed by atoms with E-state index in [0.717, 1.165) is 21.5 Å². The Morgan fingerprint density at radius 3 is 2.12 bits per heavy atom. The van der Waals surface area contributed by atoms with E-state index in [1.54, 1.807) is 0 Å². The maximum absolute atomic E-state index is 14.6. The number of rotatable bonds is 4. The Balaban J connectivity index is 2.04. The lowest BCUT2D eigenvalue weighted by molar-refractivity contribution is 0.591. The molecule has 0 aliphatic carbocycles. The summed E-state index contributed by atoms with van der Waals surface area (Å²) >= 11 is 1.40. The van der Waals surface area contributed by atoms with Crippen LogP contribution in [0.2, 0.25) is 6.82 Å². The Morgan fingerprint density at radius 2 is 1.62 bits per heavy atom. The molecule has 0 nitrogen and oxygen atoms in total. The molecule has 0 saturated carbocycles. The molecule has 3 rings (SSSR count). The van der Waals surface area contributed by atoms with Crippen LogP contribution in [0.15, 0.2) is 42.5 Å². The maximum atomic E-state index is 14.6. The molecule has 0 aliphatic rings. The highest BCUT2D eigenvalue weighted by atomic mass is 32.1. The van der Waals surface area contributed by atoms with Crippen molar-refractivity contribution in [2.45, 2.75) is 20.1 Å². The van der Waals surface area contributed by atoms with Crippen LogP contribution in [0, 0.1) is 18.6 Å². The van der Waals surface area contributed by atoms with E-state index in [4.69, 9.17) is 7.85 Å². The van der Waals surface area contributed by atoms with Crippen LogP contribution in [0.5, 0.6) is 0 Å². The first-order valence-electron chi connectivity index (χ1n) is 7.72. The normalized spacial score (nSPS) is 10.8. The highest BCUT2D eigenvalue weighted by molar-refractivity contribution is 7.24. The molecule has 0 amide bonds. The second-order valence-electron chi connectivity index (χ2n) is 5.66. The predicted molar refractivity (Wildman–Crippen MR) is 101 cm³/mol. The largest absolute Gasteiger partial charge is 0.206 e. The van der Waals surface area contributed by atoms with Crippen molar-refractivity contribution in [1.29, 1.82) is 0 Å². The second kappa shape index (κ2) is 6.94. The number of benzene rings is 2. The smallest absolute Gasteiger partial charge is 0.162 e. The van der Waals surface area contributed by atoms with Crippen LogP contribution in [-0.4, -0.2) is 15.1 Å². The Hall–Kier alpha value is -1.87. The maximum Gasteiger partial charge on any atom is 0.162 e. The van der Waals surface area contributed by atoms with E-state index in [1.165, 1.54) is 23.5 Å². The molecule has 0 atom stereocenters. The highest BCUT2D eigenvalue weighted by Crippen LogP contribution is 2.34. The Labute approximate surface area is 147 Å². The van der Waals surface area contributed by atoms with Gasteiger partial charge in [0.05, 0.1) is 13.4 Å². The summed E-state index contributed by atoms with van der Waals surface area (Å²) in [7, 11) is 7.53. The van der Waals surface area contributed by atoms with Gasteiger partial charge in [0, 0.05) is 4.88 Å². The summed E-state index contributed by atoms with van der Waals surface area (Å²) in [6.45, 7) is 3.86. The van der Waals surface area contributed by atoms with Gasteiger partial charge in [-0.25, -0.2) is 8.78 Å². The quantitative estimate of drug-likeness (QED) is 0.606. The van der Waals surface area contributed by atoms with Crippen molar-refractivity contribution in [1.82, 2.24) is 0 Å². The van der Waals surface area contributed by atoms with E-state index >= 15 is 0 Å². The minimum absolute atomic E-state index is 0.0403. The first kappa shape index (κ1) is 17.0. The molecule has 1 aromatic heterocycles. The zero-order valence-electron chi connectivity index (χ0n) is 13.6. The van der Waals surface area contributed by atoms with Crippen LogP contribution in [0.1, 0.15) is 11.1 Å². The number of hydrogen-bond acceptors (Lipinski definition) is 1. The fourth-order valence-corrected chi connectivity index (χ4v) is 3.82. The lowest BCUT2D eigenvalue weighted by Gasteiger charge is -2.08. The van der Waals surface area contributed by atoms with E-state index in [0.29, 0.717) is 16.8 Å². The number of thiophene rings is 1. The molecule has 117 valence electrons. The summed E-state index contributed by atoms with van der Waals surface area (Å²) in [5.41, 5.74) is 3.33. The zero-order valence-corrected chi connectivity index (χ0v) is 14.4. The van der Waals surface area contributed by atoms with Crippen molar-refractivity contribution in [3.8, 4) is 21.6 Å². The van der Waals surface area contributed by atoms with Gasteiger partial charge in [0.1, 0.15) is 11.6 Å². The third-order valence-corrected chi connectivity index (χ3v) is 5.35. The summed E-state index contributed by atoms with van der Waals surface area (Å²) in [5.74, 6) is -1.09. The van der Waals surface area contributed by atoms with Gasteiger partial charge in [-0.1, -0.05) is 43.0 Å². The molecule has 0 bridgehead atoms. The summed E-state index contributed by atoms with van der Waals surface area (Å²) < 4.78 is 30.3. The number of halogens is 2. The molecule has 5 heteroatoms. The molecule has 0 aliphatic heterocycles. The number of aryl methyl sites for hydroxylation is 1. The van der Waals surface area contributed by atoms with Crippen LogP contribution >= 0.6 is 11.3 Å². The molecule has 0 unspecified atom stereocenters. The van der Waals surface area contributed by atoms with Crippen molar-refractivity contribution < 1.29 is 8.78 Å². The fourth-order valence-electron chi connectivity index (χ4n) is 2.71. The molecule has 0 fully saturated rings. The average molecular weight is 335 g/mol. The summed E-state index contributed by atoms with van der Waals surface area (Å²) in [4.78, 5) is 0.612. The zero-order chi connectivity index (χ0) is 17.3. The van der Waals surface area contributed by atoms with E-state index in [9.17, 15) is 8.78 Å². The Bertz CT molecular complexity index is 847. The molecule has 3 aromatic rings. The Morgan fingerprint density at radius 1 is 1.00 bits per heavy atom. The Kier molecular flexibility index (Phi) is 4.91. The third kappa shape index (κ3) is 3.18. The highest BCUT2D eigenvalue weighted by Gasteiger charge is 2.17. The van der Waals surface area contributed by atoms with Crippen molar-refractivity contribution >= 4 is 31.2 Å². The molecular weight excluding hydrogens is 320 g/mol. The average Bonchev–Trinajstić information content (AvgIpc) is 2.94. The first-order valence-corrected chi connectivity index (χ1v) is 8.53. The number of hydrogen-bond donors (Lipinski definition) is 0. The van der Waals surface area contributed by atoms with E-state index in [2.05, 4.69) is 0 Å². The van der Waals surface area contributed by atoms with Gasteiger partial charge in [0.2, 0.25) is 0 Å². The first-order chi connectivity index (χ1) is 11.5. The van der Waals surface area contributed by atoms with Crippen molar-refractivity contribution in [2.24, 2.45) is 0 Å². The van der Waals surface area contributed by atoms with Crippen molar-refractivity contribution in [3.63, 3.8) is 0 Å². The van der Waals surface area contributed by atoms with Gasteiger partial charge in [-0.2, -0.15) is 11.3 Å². The van der Waals surface area contributed by atoms with Gasteiger partial charge in [-0.05, 0) is 46.6 Å². The summed E-state index contributed by atoms with van der Waals surface area (Å²) in [6.07, 6.45) is 0.441. The van der Waals surface area contributed by atoms with Crippen LogP contribution in [0.4, 0.5) is 8.78 Å². The summed E-state index contributed by atoms with van der Waals surface area (Å²) in [6, 6.07) is 12.0. The lowest BCUT2D eigenvalue weighted by Crippen LogP contribution is -2.06. The van der Waals surface area contributed by atoms with Gasteiger partial charge in [0.25, 0.3) is 0 Å². The minimum atomic E-state index is -0.545. The second-order valence-corrected chi connectivity index (χ2v) is 6.75. The monoisotopic (exact) mass is 335 g/mol. The van der Waals surface area contributed by atoms with E-state index in [1.807, 2.05) is 51.4 Å². The van der Waals surface area contributed by atoms with Crippen LogP contribution in [0.25, 0.3) is 21.6 Å². The molecule has 1 heterocycles. The third-order valence-electron chi connectivity index (χ3n) is 4.03. The standard InChI is InChI=1S/C19H15B2F2S/c1-11-7-17(24-19(11)21-2)18-15(22)8-14(9-16(18)23)13-5-3-12(10-20)4-6-13/h3-9H,10H2,1-2H3. The molecule has 0 N–H and O–H groups in total.